The summed E-state index contributed by atoms with van der Waals surface area (Å²) >= 11 is 5.83. The molecule has 0 aliphatic carbocycles. The molecule has 13 heteroatoms. The van der Waals surface area contributed by atoms with Gasteiger partial charge in [-0.2, -0.15) is 9.37 Å². The zero-order valence-electron chi connectivity index (χ0n) is 15.1. The largest absolute Gasteiger partial charge is 0.389 e. The summed E-state index contributed by atoms with van der Waals surface area (Å²) in [5.74, 6) is -0.715. The lowest BCUT2D eigenvalue weighted by Gasteiger charge is -2.27. The Morgan fingerprint density at radius 3 is 2.64 bits per heavy atom. The minimum absolute atomic E-state index is 0.0980. The quantitative estimate of drug-likeness (QED) is 0.462. The number of nitrogens with two attached hydrogens (primary N) is 1. The molecule has 2 rings (SSSR count). The first-order valence-electron chi connectivity index (χ1n) is 8.32. The van der Waals surface area contributed by atoms with Crippen molar-refractivity contribution in [3.05, 3.63) is 34.4 Å². The zero-order chi connectivity index (χ0) is 21.1. The highest BCUT2D eigenvalue weighted by molar-refractivity contribution is 7.58. The Labute approximate surface area is 164 Å². The van der Waals surface area contributed by atoms with Gasteiger partial charge in [0.25, 0.3) is 0 Å². The van der Waals surface area contributed by atoms with Gasteiger partial charge in [-0.3, -0.25) is 9.13 Å². The van der Waals surface area contributed by atoms with E-state index in [9.17, 15) is 23.2 Å². The number of ether oxygens (including phenoxy) is 1. The van der Waals surface area contributed by atoms with Gasteiger partial charge in [0.2, 0.25) is 5.57 Å². The lowest BCUT2D eigenvalue weighted by atomic mass is 9.98. The van der Waals surface area contributed by atoms with Gasteiger partial charge in [0.15, 0.2) is 12.4 Å². The summed E-state index contributed by atoms with van der Waals surface area (Å²) in [4.78, 5) is 15.4. The van der Waals surface area contributed by atoms with Gasteiger partial charge in [0.05, 0.1) is 19.1 Å². The molecule has 0 radical (unpaired) electrons. The minimum atomic E-state index is -4.35. The molecule has 1 unspecified atom stereocenters. The second-order valence-electron chi connectivity index (χ2n) is 5.83. The molecule has 4 atom stereocenters. The molecule has 9 nitrogen and oxygen atoms in total. The number of hydrogen-bond donors (Lipinski definition) is 2. The number of nitrogens with zero attached hydrogens (tertiary/aromatic N) is 2. The van der Waals surface area contributed by atoms with Crippen molar-refractivity contribution >= 4 is 25.0 Å². The molecule has 2 heterocycles. The van der Waals surface area contributed by atoms with Crippen molar-refractivity contribution < 1.29 is 32.2 Å². The Morgan fingerprint density at radius 1 is 1.54 bits per heavy atom. The predicted molar refractivity (Wildman–Crippen MR) is 97.4 cm³/mol. The Morgan fingerprint density at radius 2 is 2.14 bits per heavy atom. The molecule has 1 aliphatic heterocycles. The van der Waals surface area contributed by atoms with Crippen molar-refractivity contribution in [1.82, 2.24) is 9.55 Å². The second-order valence-corrected chi connectivity index (χ2v) is 8.03. The van der Waals surface area contributed by atoms with E-state index in [0.29, 0.717) is 6.08 Å². The average Bonchev–Trinajstić information content (AvgIpc) is 2.88. The van der Waals surface area contributed by atoms with Crippen LogP contribution in [0.2, 0.25) is 0 Å². The van der Waals surface area contributed by atoms with Crippen LogP contribution in [0, 0.1) is 0 Å². The van der Waals surface area contributed by atoms with Crippen molar-refractivity contribution in [2.45, 2.75) is 38.0 Å². The first-order valence-corrected chi connectivity index (χ1v) is 10.4. The summed E-state index contributed by atoms with van der Waals surface area (Å²) in [6, 6.07) is 1.22. The highest BCUT2D eigenvalue weighted by Crippen LogP contribution is 2.58. The normalized spacial score (nSPS) is 28.6. The fourth-order valence-electron chi connectivity index (χ4n) is 2.66. The molecule has 0 bridgehead atoms. The zero-order valence-corrected chi connectivity index (χ0v) is 16.8. The molecule has 0 saturated carbocycles. The minimum Gasteiger partial charge on any atom is -0.386 e. The van der Waals surface area contributed by atoms with E-state index in [4.69, 9.17) is 31.1 Å². The maximum Gasteiger partial charge on any atom is 0.389 e. The third kappa shape index (κ3) is 4.29. The van der Waals surface area contributed by atoms with Crippen LogP contribution in [0.5, 0.6) is 0 Å². The smallest absolute Gasteiger partial charge is 0.386 e. The van der Waals surface area contributed by atoms with Gasteiger partial charge >= 0.3 is 13.3 Å². The van der Waals surface area contributed by atoms with E-state index in [1.165, 1.54) is 19.9 Å². The van der Waals surface area contributed by atoms with E-state index in [-0.39, 0.29) is 19.0 Å². The predicted octanol–water partition coefficient (Wildman–Crippen LogP) is 2.11. The summed E-state index contributed by atoms with van der Waals surface area (Å²) in [6.45, 7) is 2.70. The molecule has 0 aromatic carbocycles. The third-order valence-corrected chi connectivity index (χ3v) is 6.24. The van der Waals surface area contributed by atoms with Crippen LogP contribution >= 0.6 is 19.2 Å². The van der Waals surface area contributed by atoms with E-state index in [1.54, 1.807) is 0 Å². The Kier molecular flexibility index (Phi) is 7.35. The van der Waals surface area contributed by atoms with Crippen LogP contribution in [0.3, 0.4) is 0 Å². The van der Waals surface area contributed by atoms with Gasteiger partial charge < -0.3 is 24.6 Å². The summed E-state index contributed by atoms with van der Waals surface area (Å²) in [7, 11) is -4.35. The van der Waals surface area contributed by atoms with Gasteiger partial charge in [-0.05, 0) is 26.0 Å². The number of hydrogen-bond acceptors (Lipinski definition) is 8. The first-order chi connectivity index (χ1) is 13.1. The van der Waals surface area contributed by atoms with Crippen LogP contribution in [0.1, 0.15) is 20.1 Å². The number of aliphatic hydroxyl groups excluding tert-OH is 1. The SMILES string of the molecule is CCOP(=O)(OCC)/C(F)=C\[C@@]1(CCl)OC(n2ccc(N)nc2=O)[C@H](F)[C@@H]1O. The molecule has 158 valence electrons. The number of alkyl halides is 2. The molecule has 1 aliphatic rings. The standard InChI is InChI=1S/C15H21ClF2N3O6P/c1-3-25-28(24,26-4-2)9(17)7-15(8-16)12(22)11(18)13(27-15)21-6-5-10(19)20-14(21)23/h5-7,11-13,22H,3-4,8H2,1-2H3,(H2,19,20,23)/b9-7-/t11-,12+,13?,15+/m1/s1. The molecule has 0 amide bonds. The van der Waals surface area contributed by atoms with Crippen molar-refractivity contribution in [2.75, 3.05) is 24.8 Å². The highest BCUT2D eigenvalue weighted by atomic mass is 35.5. The molecular weight excluding hydrogens is 423 g/mol. The van der Waals surface area contributed by atoms with Crippen LogP contribution in [0.4, 0.5) is 14.6 Å². The van der Waals surface area contributed by atoms with Gasteiger partial charge in [-0.15, -0.1) is 11.6 Å². The number of nitrogen functional groups attached to an aromatic ring is 1. The molecule has 3 N–H and O–H groups in total. The van der Waals surface area contributed by atoms with Crippen molar-refractivity contribution in [2.24, 2.45) is 0 Å². The van der Waals surface area contributed by atoms with E-state index in [2.05, 4.69) is 4.98 Å². The Hall–Kier alpha value is -1.36. The van der Waals surface area contributed by atoms with Crippen LogP contribution in [-0.2, 0) is 18.3 Å². The Bertz CT molecular complexity index is 830. The van der Waals surface area contributed by atoms with Crippen molar-refractivity contribution in [3.63, 3.8) is 0 Å². The van der Waals surface area contributed by atoms with Gasteiger partial charge in [-0.1, -0.05) is 0 Å². The lowest BCUT2D eigenvalue weighted by molar-refractivity contribution is -0.0616. The average molecular weight is 444 g/mol. The monoisotopic (exact) mass is 443 g/mol. The second kappa shape index (κ2) is 8.98. The fraction of sp³-hybridized carbons (Fsp3) is 0.600. The van der Waals surface area contributed by atoms with Crippen LogP contribution in [0.15, 0.2) is 28.7 Å². The van der Waals surface area contributed by atoms with E-state index in [1.807, 2.05) is 0 Å². The fourth-order valence-corrected chi connectivity index (χ4v) is 4.34. The molecule has 28 heavy (non-hydrogen) atoms. The van der Waals surface area contributed by atoms with E-state index >= 15 is 0 Å². The molecule has 1 aromatic heterocycles. The molecule has 1 fully saturated rings. The third-order valence-electron chi connectivity index (χ3n) is 3.97. The lowest BCUT2D eigenvalue weighted by Crippen LogP contribution is -2.42. The number of rotatable bonds is 8. The summed E-state index contributed by atoms with van der Waals surface area (Å²) in [5.41, 5.74) is 0.915. The van der Waals surface area contributed by atoms with Crippen LogP contribution < -0.4 is 11.4 Å². The molecular formula is C15H21ClF2N3O6P. The van der Waals surface area contributed by atoms with Crippen LogP contribution in [-0.4, -0.2) is 51.6 Å². The molecule has 1 aromatic rings. The topological polar surface area (TPSA) is 126 Å². The molecule has 1 saturated heterocycles. The van der Waals surface area contributed by atoms with Gasteiger partial charge in [0, 0.05) is 6.20 Å². The number of anilines is 1. The highest BCUT2D eigenvalue weighted by Gasteiger charge is 2.56. The maximum atomic E-state index is 14.7. The number of halogens is 3. The summed E-state index contributed by atoms with van der Waals surface area (Å²) in [6.07, 6.45) is -4.15. The van der Waals surface area contributed by atoms with Gasteiger partial charge in [0.1, 0.15) is 17.5 Å². The van der Waals surface area contributed by atoms with Crippen LogP contribution in [0.25, 0.3) is 0 Å². The van der Waals surface area contributed by atoms with E-state index in [0.717, 1.165) is 10.8 Å². The number of aliphatic hydroxyl groups is 1. The molecule has 0 spiro atoms. The van der Waals surface area contributed by atoms with Crippen molar-refractivity contribution in [3.8, 4) is 0 Å². The first kappa shape index (κ1) is 22.9. The Balaban J connectivity index is 2.46. The van der Waals surface area contributed by atoms with Crippen molar-refractivity contribution in [1.29, 1.82) is 0 Å². The summed E-state index contributed by atoms with van der Waals surface area (Å²) < 4.78 is 58.0. The van der Waals surface area contributed by atoms with Gasteiger partial charge in [-0.25, -0.2) is 9.18 Å². The summed E-state index contributed by atoms with van der Waals surface area (Å²) in [5, 5.41) is 10.3. The maximum absolute atomic E-state index is 14.7. The van der Waals surface area contributed by atoms with E-state index < -0.39 is 48.8 Å². The number of aromatic nitrogens is 2.